The van der Waals surface area contributed by atoms with Crippen molar-refractivity contribution in [3.63, 3.8) is 0 Å². The average molecular weight is 154 g/mol. The summed E-state index contributed by atoms with van der Waals surface area (Å²) < 4.78 is 0. The normalized spacial score (nSPS) is 14.2. The Bertz CT molecular complexity index is 201. The van der Waals surface area contributed by atoms with E-state index < -0.39 is 6.10 Å². The van der Waals surface area contributed by atoms with Gasteiger partial charge in [-0.2, -0.15) is 0 Å². The van der Waals surface area contributed by atoms with Gasteiger partial charge in [-0.25, -0.2) is 0 Å². The summed E-state index contributed by atoms with van der Waals surface area (Å²) in [7, 11) is 0. The zero-order valence-corrected chi connectivity index (χ0v) is 6.64. The van der Waals surface area contributed by atoms with Gasteiger partial charge in [-0.05, 0) is 18.4 Å². The summed E-state index contributed by atoms with van der Waals surface area (Å²) in [5.41, 5.74) is 0. The lowest BCUT2D eigenvalue weighted by Crippen LogP contribution is -1.86. The average Bonchev–Trinajstić information content (AvgIpc) is 2.38. The summed E-state index contributed by atoms with van der Waals surface area (Å²) in [5, 5.41) is 11.3. The zero-order valence-electron chi connectivity index (χ0n) is 5.82. The number of thiophene rings is 1. The van der Waals surface area contributed by atoms with Crippen LogP contribution in [-0.2, 0) is 0 Å². The van der Waals surface area contributed by atoms with Gasteiger partial charge in [0.05, 0.1) is 0 Å². The van der Waals surface area contributed by atoms with Gasteiger partial charge >= 0.3 is 0 Å². The van der Waals surface area contributed by atoms with E-state index in [1.165, 1.54) is 0 Å². The lowest BCUT2D eigenvalue weighted by atomic mass is 10.3. The van der Waals surface area contributed by atoms with Crippen LogP contribution in [0, 0.1) is 0 Å². The van der Waals surface area contributed by atoms with Crippen molar-refractivity contribution in [1.29, 1.82) is 0 Å². The summed E-state index contributed by atoms with van der Waals surface area (Å²) in [6.07, 6.45) is 3.21. The molecule has 1 atom stereocenters. The molecule has 0 amide bonds. The standard InChI is InChI=1S/C8H10OS/c1-2-4-7(9)8-5-3-6-10-8/h2-7,9H,1H3/b4-2+/t7-/m1/s1. The molecule has 0 aliphatic heterocycles. The Morgan fingerprint density at radius 3 is 3.00 bits per heavy atom. The zero-order chi connectivity index (χ0) is 7.40. The summed E-state index contributed by atoms with van der Waals surface area (Å²) in [5.74, 6) is 0. The number of hydrogen-bond donors (Lipinski definition) is 1. The van der Waals surface area contributed by atoms with E-state index in [0.717, 1.165) is 4.88 Å². The van der Waals surface area contributed by atoms with Gasteiger partial charge < -0.3 is 5.11 Å². The van der Waals surface area contributed by atoms with Crippen molar-refractivity contribution >= 4 is 11.3 Å². The molecule has 1 heterocycles. The third-order valence-corrected chi connectivity index (χ3v) is 2.15. The largest absolute Gasteiger partial charge is 0.383 e. The molecule has 1 N–H and O–H groups in total. The maximum atomic E-state index is 9.33. The van der Waals surface area contributed by atoms with E-state index in [1.54, 1.807) is 17.4 Å². The fraction of sp³-hybridized carbons (Fsp3) is 0.250. The van der Waals surface area contributed by atoms with E-state index in [1.807, 2.05) is 30.5 Å². The summed E-state index contributed by atoms with van der Waals surface area (Å²) in [6.45, 7) is 1.90. The molecule has 0 bridgehead atoms. The molecule has 0 saturated heterocycles. The van der Waals surface area contributed by atoms with Gasteiger partial charge in [0.25, 0.3) is 0 Å². The Morgan fingerprint density at radius 1 is 1.70 bits per heavy atom. The van der Waals surface area contributed by atoms with Crippen LogP contribution in [0.3, 0.4) is 0 Å². The minimum Gasteiger partial charge on any atom is -0.383 e. The maximum absolute atomic E-state index is 9.33. The molecule has 0 aliphatic carbocycles. The van der Waals surface area contributed by atoms with Crippen molar-refractivity contribution in [3.05, 3.63) is 34.5 Å². The van der Waals surface area contributed by atoms with Gasteiger partial charge in [0, 0.05) is 4.88 Å². The van der Waals surface area contributed by atoms with E-state index in [9.17, 15) is 5.11 Å². The monoisotopic (exact) mass is 154 g/mol. The van der Waals surface area contributed by atoms with E-state index in [-0.39, 0.29) is 0 Å². The minimum absolute atomic E-state index is 0.412. The van der Waals surface area contributed by atoms with Crippen LogP contribution in [0.5, 0.6) is 0 Å². The van der Waals surface area contributed by atoms with Crippen molar-refractivity contribution in [2.75, 3.05) is 0 Å². The molecule has 0 radical (unpaired) electrons. The second kappa shape index (κ2) is 3.54. The molecule has 1 nitrogen and oxygen atoms in total. The second-order valence-electron chi connectivity index (χ2n) is 1.99. The quantitative estimate of drug-likeness (QED) is 0.648. The molecule has 1 aromatic heterocycles. The van der Waals surface area contributed by atoms with Crippen LogP contribution in [0.15, 0.2) is 29.7 Å². The van der Waals surface area contributed by atoms with E-state index in [0.29, 0.717) is 0 Å². The highest BCUT2D eigenvalue weighted by Gasteiger charge is 2.01. The number of hydrogen-bond acceptors (Lipinski definition) is 2. The highest BCUT2D eigenvalue weighted by atomic mass is 32.1. The van der Waals surface area contributed by atoms with Crippen LogP contribution < -0.4 is 0 Å². The van der Waals surface area contributed by atoms with Gasteiger partial charge in [-0.1, -0.05) is 18.2 Å². The third-order valence-electron chi connectivity index (χ3n) is 1.21. The van der Waals surface area contributed by atoms with Crippen molar-refractivity contribution in [2.24, 2.45) is 0 Å². The Hall–Kier alpha value is -0.600. The fourth-order valence-electron chi connectivity index (χ4n) is 0.737. The predicted octanol–water partition coefficient (Wildman–Crippen LogP) is 2.36. The van der Waals surface area contributed by atoms with Crippen LogP contribution in [0.2, 0.25) is 0 Å². The molecule has 2 heteroatoms. The molecule has 0 fully saturated rings. The second-order valence-corrected chi connectivity index (χ2v) is 2.97. The van der Waals surface area contributed by atoms with Gasteiger partial charge in [0.2, 0.25) is 0 Å². The fourth-order valence-corrected chi connectivity index (χ4v) is 1.43. The molecule has 54 valence electrons. The van der Waals surface area contributed by atoms with Crippen LogP contribution in [-0.4, -0.2) is 5.11 Å². The topological polar surface area (TPSA) is 20.2 Å². The molecular weight excluding hydrogens is 144 g/mol. The summed E-state index contributed by atoms with van der Waals surface area (Å²) in [6, 6.07) is 3.86. The third kappa shape index (κ3) is 1.69. The van der Waals surface area contributed by atoms with E-state index in [4.69, 9.17) is 0 Å². The first-order chi connectivity index (χ1) is 4.84. The van der Waals surface area contributed by atoms with Crippen molar-refractivity contribution in [1.82, 2.24) is 0 Å². The Kier molecular flexibility index (Phi) is 2.66. The highest BCUT2D eigenvalue weighted by molar-refractivity contribution is 7.10. The smallest absolute Gasteiger partial charge is 0.106 e. The highest BCUT2D eigenvalue weighted by Crippen LogP contribution is 2.19. The van der Waals surface area contributed by atoms with Crippen LogP contribution >= 0.6 is 11.3 Å². The summed E-state index contributed by atoms with van der Waals surface area (Å²) in [4.78, 5) is 0.998. The van der Waals surface area contributed by atoms with Crippen LogP contribution in [0.1, 0.15) is 17.9 Å². The first-order valence-electron chi connectivity index (χ1n) is 3.19. The molecule has 0 spiro atoms. The predicted molar refractivity (Wildman–Crippen MR) is 44.1 cm³/mol. The Balaban J connectivity index is 2.67. The number of allylic oxidation sites excluding steroid dienone is 1. The van der Waals surface area contributed by atoms with E-state index >= 15 is 0 Å². The van der Waals surface area contributed by atoms with Gasteiger partial charge in [-0.3, -0.25) is 0 Å². The minimum atomic E-state index is -0.412. The Labute approximate surface area is 64.6 Å². The first kappa shape index (κ1) is 7.51. The molecule has 0 saturated carbocycles. The maximum Gasteiger partial charge on any atom is 0.106 e. The lowest BCUT2D eigenvalue weighted by Gasteiger charge is -1.98. The summed E-state index contributed by atoms with van der Waals surface area (Å²) >= 11 is 1.57. The number of aliphatic hydroxyl groups is 1. The SMILES string of the molecule is C/C=C/[C@@H](O)c1cccs1. The van der Waals surface area contributed by atoms with Gasteiger partial charge in [-0.15, -0.1) is 11.3 Å². The number of aliphatic hydroxyl groups excluding tert-OH is 1. The van der Waals surface area contributed by atoms with Gasteiger partial charge in [0.1, 0.15) is 6.10 Å². The molecule has 1 aromatic rings. The van der Waals surface area contributed by atoms with Crippen LogP contribution in [0.25, 0.3) is 0 Å². The molecule has 0 aromatic carbocycles. The molecule has 1 rings (SSSR count). The first-order valence-corrected chi connectivity index (χ1v) is 4.07. The Morgan fingerprint density at radius 2 is 2.50 bits per heavy atom. The van der Waals surface area contributed by atoms with Crippen LogP contribution in [0.4, 0.5) is 0 Å². The molecule has 0 aliphatic rings. The molecular formula is C8H10OS. The lowest BCUT2D eigenvalue weighted by molar-refractivity contribution is 0.232. The van der Waals surface area contributed by atoms with Gasteiger partial charge in [0.15, 0.2) is 0 Å². The molecule has 0 unspecified atom stereocenters. The van der Waals surface area contributed by atoms with E-state index in [2.05, 4.69) is 0 Å². The van der Waals surface area contributed by atoms with Crippen molar-refractivity contribution in [3.8, 4) is 0 Å². The molecule has 10 heavy (non-hydrogen) atoms. The number of rotatable bonds is 2. The van der Waals surface area contributed by atoms with Crippen molar-refractivity contribution < 1.29 is 5.11 Å². The van der Waals surface area contributed by atoms with Crippen molar-refractivity contribution in [2.45, 2.75) is 13.0 Å².